The predicted octanol–water partition coefficient (Wildman–Crippen LogP) is 4.96. The van der Waals surface area contributed by atoms with Crippen LogP contribution in [-0.4, -0.2) is 0 Å². The molecule has 1 aliphatic carbocycles. The lowest BCUT2D eigenvalue weighted by atomic mass is 9.81. The van der Waals surface area contributed by atoms with E-state index in [-0.39, 0.29) is 0 Å². The molecule has 0 aliphatic heterocycles. The van der Waals surface area contributed by atoms with Crippen molar-refractivity contribution in [2.45, 2.75) is 32.1 Å². The summed E-state index contributed by atoms with van der Waals surface area (Å²) < 4.78 is 0. The number of hydrogen-bond donors (Lipinski definition) is 0. The highest BCUT2D eigenvalue weighted by molar-refractivity contribution is 5.64. The lowest BCUT2D eigenvalue weighted by Crippen LogP contribution is -2.11. The van der Waals surface area contributed by atoms with Gasteiger partial charge in [-0.25, -0.2) is 0 Å². The van der Waals surface area contributed by atoms with E-state index in [0.717, 1.165) is 5.92 Å². The summed E-state index contributed by atoms with van der Waals surface area (Å²) in [5, 5.41) is 8.81. The quantitative estimate of drug-likeness (QED) is 0.763. The molecule has 0 atom stereocenters. The van der Waals surface area contributed by atoms with Crippen LogP contribution in [0.5, 0.6) is 0 Å². The maximum atomic E-state index is 8.81. The average Bonchev–Trinajstić information content (AvgIpc) is 2.46. The van der Waals surface area contributed by atoms with E-state index in [2.05, 4.69) is 30.3 Å². The molecule has 0 amide bonds. The molecule has 1 fully saturated rings. The fourth-order valence-electron chi connectivity index (χ4n) is 2.75. The molecule has 0 unspecified atom stereocenters. The lowest BCUT2D eigenvalue weighted by Gasteiger charge is -2.25. The molecule has 2 aromatic rings. The highest BCUT2D eigenvalue weighted by atomic mass is 14.2. The van der Waals surface area contributed by atoms with Crippen LogP contribution in [0.25, 0.3) is 11.1 Å². The molecule has 0 aromatic heterocycles. The van der Waals surface area contributed by atoms with Gasteiger partial charge in [-0.05, 0) is 47.6 Å². The zero-order valence-electron chi connectivity index (χ0n) is 11.7. The van der Waals surface area contributed by atoms with Crippen LogP contribution < -0.4 is 0 Å². The van der Waals surface area contributed by atoms with Crippen LogP contribution in [0.15, 0.2) is 48.5 Å². The molecule has 20 heavy (non-hydrogen) atoms. The third-order valence-corrected chi connectivity index (χ3v) is 4.37. The van der Waals surface area contributed by atoms with Gasteiger partial charge in [0.2, 0.25) is 0 Å². The second-order valence-corrected chi connectivity index (χ2v) is 5.72. The van der Waals surface area contributed by atoms with Crippen molar-refractivity contribution in [3.8, 4) is 17.2 Å². The molecule has 3 rings (SSSR count). The van der Waals surface area contributed by atoms with E-state index in [4.69, 9.17) is 5.26 Å². The largest absolute Gasteiger partial charge is 0.192 e. The Balaban J connectivity index is 1.66. The Labute approximate surface area is 120 Å². The van der Waals surface area contributed by atoms with Gasteiger partial charge in [-0.3, -0.25) is 0 Å². The summed E-state index contributed by atoms with van der Waals surface area (Å²) in [6, 6.07) is 18.8. The summed E-state index contributed by atoms with van der Waals surface area (Å²) in [6.07, 6.45) is 6.85. The van der Waals surface area contributed by atoms with E-state index in [9.17, 15) is 0 Å². The van der Waals surface area contributed by atoms with Crippen LogP contribution in [0.4, 0.5) is 0 Å². The van der Waals surface area contributed by atoms with E-state index < -0.39 is 0 Å². The van der Waals surface area contributed by atoms with E-state index in [0.29, 0.717) is 5.56 Å². The van der Waals surface area contributed by atoms with Gasteiger partial charge in [-0.1, -0.05) is 55.7 Å². The normalized spacial score (nSPS) is 14.6. The smallest absolute Gasteiger partial charge is 0.0991 e. The van der Waals surface area contributed by atoms with Gasteiger partial charge >= 0.3 is 0 Å². The summed E-state index contributed by atoms with van der Waals surface area (Å²) in [4.78, 5) is 0. The first-order chi connectivity index (χ1) is 9.85. The van der Waals surface area contributed by atoms with Gasteiger partial charge in [0.25, 0.3) is 0 Å². The summed E-state index contributed by atoms with van der Waals surface area (Å²) in [5.74, 6) is 0.980. The maximum Gasteiger partial charge on any atom is 0.0991 e. The van der Waals surface area contributed by atoms with Crippen molar-refractivity contribution in [2.75, 3.05) is 0 Å². The molecule has 100 valence electrons. The lowest BCUT2D eigenvalue weighted by molar-refractivity contribution is 0.296. The number of benzene rings is 2. The van der Waals surface area contributed by atoms with Crippen molar-refractivity contribution in [1.82, 2.24) is 0 Å². The number of rotatable bonds is 4. The molecule has 2 aromatic carbocycles. The van der Waals surface area contributed by atoms with Gasteiger partial charge < -0.3 is 0 Å². The highest BCUT2D eigenvalue weighted by Gasteiger charge is 2.16. The molecule has 1 saturated carbocycles. The average molecular weight is 261 g/mol. The maximum absolute atomic E-state index is 8.81. The number of nitriles is 1. The minimum absolute atomic E-state index is 0.714. The molecular formula is C19H19N. The fraction of sp³-hybridized carbons (Fsp3) is 0.316. The zero-order valence-corrected chi connectivity index (χ0v) is 11.7. The highest BCUT2D eigenvalue weighted by Crippen LogP contribution is 2.30. The first kappa shape index (κ1) is 12.9. The van der Waals surface area contributed by atoms with Gasteiger partial charge in [0, 0.05) is 0 Å². The summed E-state index contributed by atoms with van der Waals surface area (Å²) in [5.41, 5.74) is 4.55. The van der Waals surface area contributed by atoms with Crippen molar-refractivity contribution < 1.29 is 0 Å². The van der Waals surface area contributed by atoms with Gasteiger partial charge in [-0.2, -0.15) is 5.26 Å². The molecule has 1 nitrogen and oxygen atoms in total. The van der Waals surface area contributed by atoms with Crippen molar-refractivity contribution >= 4 is 0 Å². The molecular weight excluding hydrogens is 242 g/mol. The van der Waals surface area contributed by atoms with Crippen LogP contribution >= 0.6 is 0 Å². The fourth-order valence-corrected chi connectivity index (χ4v) is 2.75. The molecule has 0 radical (unpaired) electrons. The Morgan fingerprint density at radius 1 is 0.900 bits per heavy atom. The van der Waals surface area contributed by atoms with Gasteiger partial charge in [0.15, 0.2) is 0 Å². The topological polar surface area (TPSA) is 23.8 Å². The molecule has 1 aliphatic rings. The van der Waals surface area contributed by atoms with Gasteiger partial charge in [0.1, 0.15) is 0 Å². The second-order valence-electron chi connectivity index (χ2n) is 5.72. The van der Waals surface area contributed by atoms with Crippen LogP contribution in [0, 0.1) is 17.2 Å². The van der Waals surface area contributed by atoms with Crippen molar-refractivity contribution in [1.29, 1.82) is 5.26 Å². The van der Waals surface area contributed by atoms with E-state index in [1.165, 1.54) is 48.8 Å². The van der Waals surface area contributed by atoms with Gasteiger partial charge in [0.05, 0.1) is 11.6 Å². The van der Waals surface area contributed by atoms with Crippen molar-refractivity contribution in [2.24, 2.45) is 5.92 Å². The Bertz CT molecular complexity index is 598. The Kier molecular flexibility index (Phi) is 3.83. The molecule has 0 spiro atoms. The third kappa shape index (κ3) is 2.91. The Hall–Kier alpha value is -2.07. The van der Waals surface area contributed by atoms with Crippen LogP contribution in [-0.2, 0) is 6.42 Å². The van der Waals surface area contributed by atoms with Crippen LogP contribution in [0.1, 0.15) is 36.8 Å². The molecule has 1 heteroatoms. The van der Waals surface area contributed by atoms with E-state index in [1.54, 1.807) is 0 Å². The zero-order chi connectivity index (χ0) is 13.8. The van der Waals surface area contributed by atoms with Crippen LogP contribution in [0.3, 0.4) is 0 Å². The molecule has 0 heterocycles. The Morgan fingerprint density at radius 3 is 2.00 bits per heavy atom. The van der Waals surface area contributed by atoms with Crippen molar-refractivity contribution in [3.63, 3.8) is 0 Å². The van der Waals surface area contributed by atoms with Gasteiger partial charge in [-0.15, -0.1) is 0 Å². The SMILES string of the molecule is N#Cc1ccc(-c2ccc(CCC3CCC3)cc2)cc1. The number of aryl methyl sites for hydroxylation is 1. The van der Waals surface area contributed by atoms with Crippen molar-refractivity contribution in [3.05, 3.63) is 59.7 Å². The third-order valence-electron chi connectivity index (χ3n) is 4.37. The predicted molar refractivity (Wildman–Crippen MR) is 82.3 cm³/mol. The summed E-state index contributed by atoms with van der Waals surface area (Å²) in [7, 11) is 0. The summed E-state index contributed by atoms with van der Waals surface area (Å²) in [6.45, 7) is 0. The number of hydrogen-bond acceptors (Lipinski definition) is 1. The summed E-state index contributed by atoms with van der Waals surface area (Å²) >= 11 is 0. The second kappa shape index (κ2) is 5.92. The molecule has 0 bridgehead atoms. The standard InChI is InChI=1S/C19H19N/c20-14-17-8-12-19(13-9-17)18-10-6-16(7-11-18)5-4-15-2-1-3-15/h6-13,15H,1-5H2. The van der Waals surface area contributed by atoms with E-state index in [1.807, 2.05) is 24.3 Å². The minimum atomic E-state index is 0.714. The van der Waals surface area contributed by atoms with Crippen LogP contribution in [0.2, 0.25) is 0 Å². The molecule has 0 saturated heterocycles. The first-order valence-electron chi connectivity index (χ1n) is 7.44. The monoisotopic (exact) mass is 261 g/mol. The van der Waals surface area contributed by atoms with E-state index >= 15 is 0 Å². The molecule has 0 N–H and O–H groups in total. The number of nitrogens with zero attached hydrogens (tertiary/aromatic N) is 1. The first-order valence-corrected chi connectivity index (χ1v) is 7.44. The Morgan fingerprint density at radius 2 is 1.50 bits per heavy atom. The minimum Gasteiger partial charge on any atom is -0.192 e.